The molecule has 7 nitrogen and oxygen atoms in total. The molecule has 0 aliphatic rings. The smallest absolute Gasteiger partial charge is 0.321 e. The molecule has 0 radical (unpaired) electrons. The molecule has 22 heavy (non-hydrogen) atoms. The van der Waals surface area contributed by atoms with Crippen molar-refractivity contribution < 1.29 is 24.0 Å². The molecular weight excluding hydrogens is 290 g/mol. The van der Waals surface area contributed by atoms with Gasteiger partial charge >= 0.3 is 11.7 Å². The first-order chi connectivity index (χ1) is 10.6. The van der Waals surface area contributed by atoms with Gasteiger partial charge in [-0.1, -0.05) is 6.07 Å². The molecule has 1 aromatic rings. The Kier molecular flexibility index (Phi) is 7.60. The van der Waals surface area contributed by atoms with Gasteiger partial charge in [-0.3, -0.25) is 19.7 Å². The summed E-state index contributed by atoms with van der Waals surface area (Å²) in [5, 5.41) is 11.0. The van der Waals surface area contributed by atoms with Crippen LogP contribution in [0, 0.1) is 10.1 Å². The van der Waals surface area contributed by atoms with Crippen LogP contribution in [0.25, 0.3) is 0 Å². The van der Waals surface area contributed by atoms with Crippen molar-refractivity contribution in [1.82, 2.24) is 0 Å². The van der Waals surface area contributed by atoms with E-state index >= 15 is 0 Å². The standard InChI is InChI=1S/C15H19NO6/c1-2-21-14(18)9-4-3-5-10-22-13-8-6-7-12(11-17)15(13)16(19)20/h6-8,11H,2-5,9-10H2,1H3. The van der Waals surface area contributed by atoms with Crippen LogP contribution in [0.2, 0.25) is 0 Å². The highest BCUT2D eigenvalue weighted by molar-refractivity contribution is 5.83. The second kappa shape index (κ2) is 9.49. The summed E-state index contributed by atoms with van der Waals surface area (Å²) in [4.78, 5) is 32.3. The Hall–Kier alpha value is -2.44. The van der Waals surface area contributed by atoms with Gasteiger partial charge in [0.15, 0.2) is 12.0 Å². The highest BCUT2D eigenvalue weighted by Gasteiger charge is 2.20. The molecule has 0 amide bonds. The molecule has 0 aliphatic carbocycles. The maximum atomic E-state index is 11.1. The molecule has 1 aromatic carbocycles. The van der Waals surface area contributed by atoms with Crippen LogP contribution in [-0.4, -0.2) is 30.4 Å². The Balaban J connectivity index is 2.41. The molecule has 120 valence electrons. The Morgan fingerprint density at radius 3 is 2.73 bits per heavy atom. The van der Waals surface area contributed by atoms with Crippen molar-refractivity contribution in [1.29, 1.82) is 0 Å². The fraction of sp³-hybridized carbons (Fsp3) is 0.467. The van der Waals surface area contributed by atoms with Gasteiger partial charge in [-0.25, -0.2) is 0 Å². The molecule has 1 rings (SSSR count). The van der Waals surface area contributed by atoms with E-state index in [2.05, 4.69) is 0 Å². The minimum Gasteiger partial charge on any atom is -0.487 e. The molecule has 0 saturated carbocycles. The zero-order chi connectivity index (χ0) is 16.4. The van der Waals surface area contributed by atoms with E-state index in [1.165, 1.54) is 18.2 Å². The van der Waals surface area contributed by atoms with Crippen LogP contribution in [0.1, 0.15) is 43.0 Å². The number of hydrogen-bond donors (Lipinski definition) is 0. The summed E-state index contributed by atoms with van der Waals surface area (Å²) in [6.07, 6.45) is 2.87. The molecule has 0 spiro atoms. The molecule has 0 fully saturated rings. The van der Waals surface area contributed by atoms with Gasteiger partial charge in [-0.05, 0) is 38.3 Å². The number of esters is 1. The summed E-state index contributed by atoms with van der Waals surface area (Å²) in [6, 6.07) is 4.37. The van der Waals surface area contributed by atoms with Crippen LogP contribution in [0.15, 0.2) is 18.2 Å². The lowest BCUT2D eigenvalue weighted by Gasteiger charge is -2.07. The quantitative estimate of drug-likeness (QED) is 0.217. The SMILES string of the molecule is CCOC(=O)CCCCCOc1cccc(C=O)c1[N+](=O)[O-]. The average Bonchev–Trinajstić information content (AvgIpc) is 2.50. The van der Waals surface area contributed by atoms with E-state index in [1.54, 1.807) is 6.92 Å². The maximum absolute atomic E-state index is 11.1. The predicted octanol–water partition coefficient (Wildman–Crippen LogP) is 2.91. The maximum Gasteiger partial charge on any atom is 0.321 e. The zero-order valence-corrected chi connectivity index (χ0v) is 12.4. The summed E-state index contributed by atoms with van der Waals surface area (Å²) in [5.41, 5.74) is -0.325. The van der Waals surface area contributed by atoms with Crippen LogP contribution in [0.3, 0.4) is 0 Å². The molecule has 0 aliphatic heterocycles. The lowest BCUT2D eigenvalue weighted by atomic mass is 10.2. The number of benzene rings is 1. The molecule has 0 bridgehead atoms. The van der Waals surface area contributed by atoms with E-state index in [1.807, 2.05) is 0 Å². The van der Waals surface area contributed by atoms with Gasteiger partial charge in [0.2, 0.25) is 0 Å². The predicted molar refractivity (Wildman–Crippen MR) is 79.1 cm³/mol. The molecule has 0 aromatic heterocycles. The molecular formula is C15H19NO6. The number of aldehydes is 1. The normalized spacial score (nSPS) is 10.0. The van der Waals surface area contributed by atoms with Crippen LogP contribution < -0.4 is 4.74 Å². The first-order valence-electron chi connectivity index (χ1n) is 7.11. The first kappa shape index (κ1) is 17.6. The number of unbranched alkanes of at least 4 members (excludes halogenated alkanes) is 2. The van der Waals surface area contributed by atoms with Crippen molar-refractivity contribution in [3.63, 3.8) is 0 Å². The monoisotopic (exact) mass is 309 g/mol. The minimum absolute atomic E-state index is 0.00943. The highest BCUT2D eigenvalue weighted by atomic mass is 16.6. The highest BCUT2D eigenvalue weighted by Crippen LogP contribution is 2.29. The topological polar surface area (TPSA) is 95.7 Å². The summed E-state index contributed by atoms with van der Waals surface area (Å²) in [6.45, 7) is 2.41. The summed E-state index contributed by atoms with van der Waals surface area (Å²) in [5.74, 6) is -0.141. The number of nitrogens with zero attached hydrogens (tertiary/aromatic N) is 1. The zero-order valence-electron chi connectivity index (χ0n) is 12.4. The van der Waals surface area contributed by atoms with Gasteiger partial charge in [0.25, 0.3) is 0 Å². The lowest BCUT2D eigenvalue weighted by molar-refractivity contribution is -0.386. The van der Waals surface area contributed by atoms with Crippen molar-refractivity contribution in [2.45, 2.75) is 32.6 Å². The van der Waals surface area contributed by atoms with Gasteiger partial charge < -0.3 is 9.47 Å². The van der Waals surface area contributed by atoms with Gasteiger partial charge in [0.1, 0.15) is 0 Å². The Bertz CT molecular complexity index is 529. The van der Waals surface area contributed by atoms with Crippen LogP contribution in [0.5, 0.6) is 5.75 Å². The Labute approximate surface area is 128 Å². The van der Waals surface area contributed by atoms with E-state index in [0.717, 1.165) is 6.42 Å². The number of ether oxygens (including phenoxy) is 2. The van der Waals surface area contributed by atoms with Gasteiger partial charge in [0.05, 0.1) is 23.7 Å². The molecule has 0 heterocycles. The van der Waals surface area contributed by atoms with Gasteiger partial charge in [-0.15, -0.1) is 0 Å². The van der Waals surface area contributed by atoms with Crippen LogP contribution in [0.4, 0.5) is 5.69 Å². The minimum atomic E-state index is -0.625. The van der Waals surface area contributed by atoms with Crippen LogP contribution >= 0.6 is 0 Å². The van der Waals surface area contributed by atoms with Gasteiger partial charge in [0, 0.05) is 6.42 Å². The summed E-state index contributed by atoms with van der Waals surface area (Å²) < 4.78 is 10.2. The Morgan fingerprint density at radius 1 is 1.32 bits per heavy atom. The number of hydrogen-bond acceptors (Lipinski definition) is 6. The molecule has 0 N–H and O–H groups in total. The second-order valence-corrected chi connectivity index (χ2v) is 4.53. The first-order valence-corrected chi connectivity index (χ1v) is 7.11. The van der Waals surface area contributed by atoms with E-state index in [0.29, 0.717) is 32.2 Å². The number of para-hydroxylation sites is 1. The fourth-order valence-corrected chi connectivity index (χ4v) is 1.91. The van der Waals surface area contributed by atoms with Crippen molar-refractivity contribution in [2.24, 2.45) is 0 Å². The molecule has 7 heteroatoms. The van der Waals surface area contributed by atoms with E-state index in [-0.39, 0.29) is 29.6 Å². The third-order valence-electron chi connectivity index (χ3n) is 2.93. The third-order valence-corrected chi connectivity index (χ3v) is 2.93. The van der Waals surface area contributed by atoms with E-state index < -0.39 is 4.92 Å². The second-order valence-electron chi connectivity index (χ2n) is 4.53. The lowest BCUT2D eigenvalue weighted by Crippen LogP contribution is -2.05. The van der Waals surface area contributed by atoms with Gasteiger partial charge in [-0.2, -0.15) is 0 Å². The van der Waals surface area contributed by atoms with Crippen LogP contribution in [-0.2, 0) is 9.53 Å². The van der Waals surface area contributed by atoms with Crippen molar-refractivity contribution in [3.8, 4) is 5.75 Å². The van der Waals surface area contributed by atoms with Crippen molar-refractivity contribution in [3.05, 3.63) is 33.9 Å². The largest absolute Gasteiger partial charge is 0.487 e. The van der Waals surface area contributed by atoms with Crippen molar-refractivity contribution >= 4 is 17.9 Å². The third kappa shape index (κ3) is 5.51. The number of carbonyl (C=O) groups excluding carboxylic acids is 2. The van der Waals surface area contributed by atoms with Crippen molar-refractivity contribution in [2.75, 3.05) is 13.2 Å². The number of carbonyl (C=O) groups is 2. The number of rotatable bonds is 10. The molecule has 0 unspecified atom stereocenters. The summed E-state index contributed by atoms with van der Waals surface area (Å²) >= 11 is 0. The molecule has 0 saturated heterocycles. The summed E-state index contributed by atoms with van der Waals surface area (Å²) in [7, 11) is 0. The average molecular weight is 309 g/mol. The molecule has 0 atom stereocenters. The number of nitro groups is 1. The number of nitro benzene ring substituents is 1. The Morgan fingerprint density at radius 2 is 2.09 bits per heavy atom. The van der Waals surface area contributed by atoms with E-state index in [9.17, 15) is 19.7 Å². The van der Waals surface area contributed by atoms with E-state index in [4.69, 9.17) is 9.47 Å². The fourth-order valence-electron chi connectivity index (χ4n) is 1.91.